The summed E-state index contributed by atoms with van der Waals surface area (Å²) in [6.07, 6.45) is 2.19. The molecule has 1 heterocycles. The van der Waals surface area contributed by atoms with Gasteiger partial charge >= 0.3 is 0 Å². The monoisotopic (exact) mass is 463 g/mol. The third-order valence-electron chi connectivity index (χ3n) is 5.76. The van der Waals surface area contributed by atoms with Gasteiger partial charge in [0.15, 0.2) is 11.6 Å². The van der Waals surface area contributed by atoms with Gasteiger partial charge in [-0.1, -0.05) is 13.0 Å². The summed E-state index contributed by atoms with van der Waals surface area (Å²) < 4.78 is 25.9. The van der Waals surface area contributed by atoms with Crippen molar-refractivity contribution >= 4 is 11.7 Å². The number of aromatic nitrogens is 2. The summed E-state index contributed by atoms with van der Waals surface area (Å²) in [5, 5.41) is 9.89. The molecular formula is C24H35F2N5O2. The minimum atomic E-state index is -0.997. The van der Waals surface area contributed by atoms with Gasteiger partial charge in [0, 0.05) is 24.2 Å². The minimum Gasteiger partial charge on any atom is -0.387 e. The molecule has 1 amide bonds. The molecule has 1 aromatic carbocycles. The van der Waals surface area contributed by atoms with E-state index >= 15 is 0 Å². The fourth-order valence-corrected chi connectivity index (χ4v) is 4.12. The van der Waals surface area contributed by atoms with Crippen LogP contribution in [0.25, 0.3) is 0 Å². The van der Waals surface area contributed by atoms with Crippen LogP contribution in [0.4, 0.5) is 14.6 Å². The van der Waals surface area contributed by atoms with Crippen LogP contribution in [0.1, 0.15) is 82.2 Å². The van der Waals surface area contributed by atoms with Crippen LogP contribution in [0.5, 0.6) is 0 Å². The number of nitrogens with two attached hydrogens (primary N) is 2. The molecule has 1 aliphatic carbocycles. The van der Waals surface area contributed by atoms with Gasteiger partial charge in [-0.3, -0.25) is 4.79 Å². The molecule has 0 fully saturated rings. The summed E-state index contributed by atoms with van der Waals surface area (Å²) in [5.74, 6) is -1.92. The lowest BCUT2D eigenvalue weighted by Gasteiger charge is -2.24. The molecule has 0 aliphatic heterocycles. The van der Waals surface area contributed by atoms with Gasteiger partial charge < -0.3 is 21.5 Å². The quantitative estimate of drug-likeness (QED) is 0.578. The van der Waals surface area contributed by atoms with Crippen molar-refractivity contribution in [3.05, 3.63) is 53.0 Å². The minimum absolute atomic E-state index is 0.271. The van der Waals surface area contributed by atoms with E-state index in [1.165, 1.54) is 6.07 Å². The molecule has 0 spiro atoms. The van der Waals surface area contributed by atoms with Crippen molar-refractivity contribution in [3.8, 4) is 0 Å². The number of primary amides is 1. The molecule has 3 rings (SSSR count). The molecule has 0 radical (unpaired) electrons. The number of amides is 1. The number of aliphatic hydroxyl groups excluding tert-OH is 1. The Morgan fingerprint density at radius 2 is 1.88 bits per heavy atom. The molecule has 33 heavy (non-hydrogen) atoms. The van der Waals surface area contributed by atoms with E-state index in [2.05, 4.69) is 35.6 Å². The molecule has 7 nitrogen and oxygen atoms in total. The highest BCUT2D eigenvalue weighted by Crippen LogP contribution is 2.42. The number of rotatable bonds is 7. The van der Waals surface area contributed by atoms with Gasteiger partial charge in [0.2, 0.25) is 5.91 Å². The summed E-state index contributed by atoms with van der Waals surface area (Å²) in [7, 11) is 0. The Kier molecular flexibility index (Phi) is 8.85. The molecule has 5 N–H and O–H groups in total. The van der Waals surface area contributed by atoms with E-state index in [1.54, 1.807) is 20.2 Å². The fourth-order valence-electron chi connectivity index (χ4n) is 4.12. The maximum absolute atomic E-state index is 13.1. The Hall–Kier alpha value is -2.65. The van der Waals surface area contributed by atoms with Gasteiger partial charge in [0.1, 0.15) is 12.1 Å². The summed E-state index contributed by atoms with van der Waals surface area (Å²) in [5.41, 5.74) is 12.7. The van der Waals surface area contributed by atoms with Crippen molar-refractivity contribution in [1.82, 2.24) is 9.97 Å². The normalized spacial score (nSPS) is 18.2. The van der Waals surface area contributed by atoms with Gasteiger partial charge in [-0.2, -0.15) is 0 Å². The second-order valence-corrected chi connectivity index (χ2v) is 9.14. The molecule has 1 aromatic heterocycles. The number of benzene rings is 1. The lowest BCUT2D eigenvalue weighted by Crippen LogP contribution is -2.37. The van der Waals surface area contributed by atoms with E-state index in [4.69, 9.17) is 11.5 Å². The van der Waals surface area contributed by atoms with Gasteiger partial charge in [-0.25, -0.2) is 18.7 Å². The average molecular weight is 464 g/mol. The van der Waals surface area contributed by atoms with Crippen molar-refractivity contribution in [2.24, 2.45) is 11.5 Å². The zero-order valence-corrected chi connectivity index (χ0v) is 20.0. The highest BCUT2D eigenvalue weighted by Gasteiger charge is 2.32. The van der Waals surface area contributed by atoms with Crippen LogP contribution in [-0.4, -0.2) is 39.6 Å². The first-order valence-corrected chi connectivity index (χ1v) is 11.2. The Morgan fingerprint density at radius 3 is 2.39 bits per heavy atom. The predicted molar refractivity (Wildman–Crippen MR) is 125 cm³/mol. The second kappa shape index (κ2) is 11.0. The number of aliphatic hydroxyl groups is 1. The Labute approximate surface area is 194 Å². The highest BCUT2D eigenvalue weighted by atomic mass is 19.2. The maximum Gasteiger partial charge on any atom is 0.225 e. The molecule has 9 heteroatoms. The fraction of sp³-hybridized carbons (Fsp3) is 0.542. The van der Waals surface area contributed by atoms with Crippen LogP contribution in [0.2, 0.25) is 0 Å². The number of carbonyl (C=O) groups excluding carboxylic acids is 1. The first-order chi connectivity index (χ1) is 15.4. The summed E-state index contributed by atoms with van der Waals surface area (Å²) in [4.78, 5) is 22.1. The molecule has 1 aliphatic rings. The number of fused-ring (bicyclic) bond motifs is 1. The standard InChI is InChI=1S/C12H16F2N2O.C12H19N3O/c1-12(2,16)6-8(11(15)17)7-3-4-9(13)10(14)5-7;1-4-15(5-2)12-10-8(3)6-9(16)11(10)13-7-14-12/h3-5,8H,6,16H2,1-2H3,(H2,15,17);7-9,16H,4-6H2,1-3H3/t;8-,9-/m.1/s1. The van der Waals surface area contributed by atoms with E-state index < -0.39 is 35.1 Å². The molecule has 2 aromatic rings. The van der Waals surface area contributed by atoms with E-state index in [0.717, 1.165) is 48.7 Å². The lowest BCUT2D eigenvalue weighted by molar-refractivity contribution is -0.119. The first-order valence-electron chi connectivity index (χ1n) is 11.2. The van der Waals surface area contributed by atoms with Crippen LogP contribution in [0.15, 0.2) is 24.5 Å². The number of nitrogens with zero attached hydrogens (tertiary/aromatic N) is 3. The Morgan fingerprint density at radius 1 is 1.24 bits per heavy atom. The van der Waals surface area contributed by atoms with E-state index in [9.17, 15) is 18.7 Å². The summed E-state index contributed by atoms with van der Waals surface area (Å²) in [6, 6.07) is 3.31. The van der Waals surface area contributed by atoms with Gasteiger partial charge in [-0.05, 0) is 64.2 Å². The van der Waals surface area contributed by atoms with Gasteiger partial charge in [-0.15, -0.1) is 0 Å². The van der Waals surface area contributed by atoms with Crippen molar-refractivity contribution in [3.63, 3.8) is 0 Å². The van der Waals surface area contributed by atoms with Crippen LogP contribution >= 0.6 is 0 Å². The number of carbonyl (C=O) groups is 1. The highest BCUT2D eigenvalue weighted by molar-refractivity contribution is 5.82. The largest absolute Gasteiger partial charge is 0.387 e. The molecule has 0 saturated carbocycles. The number of anilines is 1. The van der Waals surface area contributed by atoms with Crippen molar-refractivity contribution < 1.29 is 18.7 Å². The molecule has 0 saturated heterocycles. The topological polar surface area (TPSA) is 118 Å². The summed E-state index contributed by atoms with van der Waals surface area (Å²) >= 11 is 0. The van der Waals surface area contributed by atoms with Crippen LogP contribution in [-0.2, 0) is 4.79 Å². The van der Waals surface area contributed by atoms with Crippen molar-refractivity contribution in [2.75, 3.05) is 18.0 Å². The van der Waals surface area contributed by atoms with Gasteiger partial charge in [0.25, 0.3) is 0 Å². The van der Waals surface area contributed by atoms with Crippen molar-refractivity contribution in [1.29, 1.82) is 0 Å². The number of hydrogen-bond acceptors (Lipinski definition) is 6. The SMILES string of the molecule is CC(C)(N)CC(C(N)=O)c1ccc(F)c(F)c1.CCN(CC)c1ncnc2c1[C@H](C)C[C@H]2O. The Balaban J connectivity index is 0.000000234. The molecular weight excluding hydrogens is 428 g/mol. The first kappa shape index (κ1) is 26.6. The molecule has 0 bridgehead atoms. The van der Waals surface area contributed by atoms with Crippen LogP contribution < -0.4 is 16.4 Å². The van der Waals surface area contributed by atoms with Gasteiger partial charge in [0.05, 0.1) is 17.7 Å². The van der Waals surface area contributed by atoms with Crippen molar-refractivity contribution in [2.45, 2.75) is 70.9 Å². The number of hydrogen-bond donors (Lipinski definition) is 3. The Bertz CT molecular complexity index is 960. The third kappa shape index (κ3) is 6.68. The van der Waals surface area contributed by atoms with Crippen LogP contribution in [0, 0.1) is 11.6 Å². The van der Waals surface area contributed by atoms with E-state index in [-0.39, 0.29) is 6.42 Å². The third-order valence-corrected chi connectivity index (χ3v) is 5.76. The molecule has 1 unspecified atom stereocenters. The maximum atomic E-state index is 13.1. The molecule has 182 valence electrons. The zero-order chi connectivity index (χ0) is 24.9. The smallest absolute Gasteiger partial charge is 0.225 e. The van der Waals surface area contributed by atoms with E-state index in [1.807, 2.05) is 0 Å². The van der Waals surface area contributed by atoms with E-state index in [0.29, 0.717) is 11.5 Å². The average Bonchev–Trinajstić information content (AvgIpc) is 3.03. The summed E-state index contributed by atoms with van der Waals surface area (Å²) in [6.45, 7) is 11.7. The second-order valence-electron chi connectivity index (χ2n) is 9.14. The number of halogens is 2. The van der Waals surface area contributed by atoms with Crippen LogP contribution in [0.3, 0.4) is 0 Å². The lowest BCUT2D eigenvalue weighted by atomic mass is 9.86. The zero-order valence-electron chi connectivity index (χ0n) is 20.0. The molecule has 3 atom stereocenters. The predicted octanol–water partition coefficient (Wildman–Crippen LogP) is 3.52.